The molecule has 0 unspecified atom stereocenters. The van der Waals surface area contributed by atoms with Gasteiger partial charge in [-0.2, -0.15) is 4.31 Å². The van der Waals surface area contributed by atoms with Gasteiger partial charge in [0, 0.05) is 19.0 Å². The van der Waals surface area contributed by atoms with Crippen LogP contribution in [0.3, 0.4) is 0 Å². The monoisotopic (exact) mass is 428 g/mol. The van der Waals surface area contributed by atoms with E-state index in [1.165, 1.54) is 4.31 Å². The van der Waals surface area contributed by atoms with Crippen molar-refractivity contribution in [3.05, 3.63) is 60.2 Å². The van der Waals surface area contributed by atoms with Gasteiger partial charge in [-0.15, -0.1) is 0 Å². The summed E-state index contributed by atoms with van der Waals surface area (Å²) in [5, 5.41) is 3.29. The lowest BCUT2D eigenvalue weighted by Gasteiger charge is -2.44. The normalized spacial score (nSPS) is 19.6. The minimum absolute atomic E-state index is 0.0417. The third-order valence-corrected chi connectivity index (χ3v) is 8.33. The van der Waals surface area contributed by atoms with Crippen LogP contribution in [0.25, 0.3) is 0 Å². The summed E-state index contributed by atoms with van der Waals surface area (Å²) in [7, 11) is -2.02. The SMILES string of the molecule is COc1ccc(S(=O)(=O)N2CCC(C(=O)NC3(c4ccccc4)CCC3)CC2)cc1. The van der Waals surface area contributed by atoms with Gasteiger partial charge in [0.15, 0.2) is 0 Å². The summed E-state index contributed by atoms with van der Waals surface area (Å²) >= 11 is 0. The molecule has 2 aromatic rings. The van der Waals surface area contributed by atoms with E-state index in [1.807, 2.05) is 18.2 Å². The summed E-state index contributed by atoms with van der Waals surface area (Å²) in [6.45, 7) is 0.704. The molecule has 1 heterocycles. The summed E-state index contributed by atoms with van der Waals surface area (Å²) in [6, 6.07) is 16.6. The first-order valence-electron chi connectivity index (χ1n) is 10.5. The maximum absolute atomic E-state index is 13.0. The van der Waals surface area contributed by atoms with Crippen molar-refractivity contribution in [2.45, 2.75) is 42.5 Å². The maximum atomic E-state index is 13.0. The number of hydrogen-bond donors (Lipinski definition) is 1. The molecule has 0 bridgehead atoms. The molecule has 1 saturated heterocycles. The molecule has 30 heavy (non-hydrogen) atoms. The Balaban J connectivity index is 1.38. The van der Waals surface area contributed by atoms with Gasteiger partial charge in [0.1, 0.15) is 5.75 Å². The molecule has 1 aliphatic carbocycles. The summed E-state index contributed by atoms with van der Waals surface area (Å²) in [6.07, 6.45) is 4.08. The van der Waals surface area contributed by atoms with E-state index in [2.05, 4.69) is 17.4 Å². The molecule has 1 aliphatic heterocycles. The number of carbonyl (C=O) groups excluding carboxylic acids is 1. The van der Waals surface area contributed by atoms with Gasteiger partial charge < -0.3 is 10.1 Å². The van der Waals surface area contributed by atoms with Crippen molar-refractivity contribution in [1.82, 2.24) is 9.62 Å². The quantitative estimate of drug-likeness (QED) is 0.766. The van der Waals surface area contributed by atoms with E-state index in [1.54, 1.807) is 31.4 Å². The average molecular weight is 429 g/mol. The van der Waals surface area contributed by atoms with Gasteiger partial charge in [-0.25, -0.2) is 8.42 Å². The average Bonchev–Trinajstić information content (AvgIpc) is 2.77. The molecule has 4 rings (SSSR count). The maximum Gasteiger partial charge on any atom is 0.243 e. The Morgan fingerprint density at radius 3 is 2.20 bits per heavy atom. The highest BCUT2D eigenvalue weighted by atomic mass is 32.2. The van der Waals surface area contributed by atoms with E-state index in [0.29, 0.717) is 31.7 Å². The second-order valence-corrected chi connectivity index (χ2v) is 10.1. The predicted octanol–water partition coefficient (Wildman–Crippen LogP) is 3.29. The summed E-state index contributed by atoms with van der Waals surface area (Å²) in [4.78, 5) is 13.2. The molecule has 0 radical (unpaired) electrons. The van der Waals surface area contributed by atoms with Crippen molar-refractivity contribution in [3.63, 3.8) is 0 Å². The lowest BCUT2D eigenvalue weighted by Crippen LogP contribution is -2.53. The number of piperidine rings is 1. The number of rotatable bonds is 6. The van der Waals surface area contributed by atoms with Crippen LogP contribution in [0.15, 0.2) is 59.5 Å². The van der Waals surface area contributed by atoms with Gasteiger partial charge in [0.05, 0.1) is 17.5 Å². The zero-order valence-electron chi connectivity index (χ0n) is 17.2. The van der Waals surface area contributed by atoms with Crippen molar-refractivity contribution in [2.24, 2.45) is 5.92 Å². The molecule has 6 nitrogen and oxygen atoms in total. The number of hydrogen-bond acceptors (Lipinski definition) is 4. The van der Waals surface area contributed by atoms with Crippen LogP contribution in [0.4, 0.5) is 0 Å². The van der Waals surface area contributed by atoms with Crippen LogP contribution in [0.5, 0.6) is 5.75 Å². The first kappa shape index (κ1) is 20.9. The number of amides is 1. The van der Waals surface area contributed by atoms with Crippen LogP contribution in [-0.2, 0) is 20.4 Å². The van der Waals surface area contributed by atoms with E-state index in [9.17, 15) is 13.2 Å². The van der Waals surface area contributed by atoms with Crippen molar-refractivity contribution in [3.8, 4) is 5.75 Å². The van der Waals surface area contributed by atoms with Crippen molar-refractivity contribution in [2.75, 3.05) is 20.2 Å². The Kier molecular flexibility index (Phi) is 5.84. The number of nitrogens with one attached hydrogen (secondary N) is 1. The van der Waals surface area contributed by atoms with Crippen LogP contribution in [0.1, 0.15) is 37.7 Å². The predicted molar refractivity (Wildman–Crippen MR) is 115 cm³/mol. The Labute approximate surface area is 178 Å². The smallest absolute Gasteiger partial charge is 0.243 e. The molecule has 0 aromatic heterocycles. The molecule has 1 amide bonds. The van der Waals surface area contributed by atoms with Crippen molar-refractivity contribution < 1.29 is 17.9 Å². The van der Waals surface area contributed by atoms with Gasteiger partial charge in [-0.05, 0) is 61.9 Å². The Hall–Kier alpha value is -2.38. The zero-order chi connectivity index (χ0) is 21.2. The number of nitrogens with zero attached hydrogens (tertiary/aromatic N) is 1. The highest BCUT2D eigenvalue weighted by Gasteiger charge is 2.42. The number of methoxy groups -OCH3 is 1. The standard InChI is InChI=1S/C23H28N2O4S/c1-29-20-8-10-21(11-9-20)30(27,28)25-16-12-18(13-17-25)22(26)24-23(14-5-15-23)19-6-3-2-4-7-19/h2-4,6-11,18H,5,12-17H2,1H3,(H,24,26). The molecule has 7 heteroatoms. The molecule has 2 fully saturated rings. The highest BCUT2D eigenvalue weighted by molar-refractivity contribution is 7.89. The van der Waals surface area contributed by atoms with Gasteiger partial charge in [-0.3, -0.25) is 4.79 Å². The number of sulfonamides is 1. The fraction of sp³-hybridized carbons (Fsp3) is 0.435. The fourth-order valence-corrected chi connectivity index (χ4v) is 5.84. The number of carbonyl (C=O) groups is 1. The fourth-order valence-electron chi connectivity index (χ4n) is 4.37. The molecular weight excluding hydrogens is 400 g/mol. The van der Waals surface area contributed by atoms with Gasteiger partial charge in [0.25, 0.3) is 0 Å². The van der Waals surface area contributed by atoms with Crippen LogP contribution in [0.2, 0.25) is 0 Å². The van der Waals surface area contributed by atoms with E-state index >= 15 is 0 Å². The largest absolute Gasteiger partial charge is 0.497 e. The van der Waals surface area contributed by atoms with Crippen LogP contribution in [-0.4, -0.2) is 38.8 Å². The molecule has 1 N–H and O–H groups in total. The van der Waals surface area contributed by atoms with E-state index in [4.69, 9.17) is 4.74 Å². The van der Waals surface area contributed by atoms with E-state index < -0.39 is 10.0 Å². The van der Waals surface area contributed by atoms with Gasteiger partial charge in [-0.1, -0.05) is 30.3 Å². The zero-order valence-corrected chi connectivity index (χ0v) is 18.0. The topological polar surface area (TPSA) is 75.7 Å². The first-order chi connectivity index (χ1) is 14.4. The minimum Gasteiger partial charge on any atom is -0.497 e. The van der Waals surface area contributed by atoms with E-state index in [-0.39, 0.29) is 22.3 Å². The van der Waals surface area contributed by atoms with Gasteiger partial charge >= 0.3 is 0 Å². The molecule has 0 atom stereocenters. The van der Waals surface area contributed by atoms with Crippen molar-refractivity contribution >= 4 is 15.9 Å². The van der Waals surface area contributed by atoms with Crippen LogP contribution >= 0.6 is 0 Å². The lowest BCUT2D eigenvalue weighted by molar-refractivity contribution is -0.129. The third-order valence-electron chi connectivity index (χ3n) is 6.42. The molecule has 2 aliphatic rings. The second kappa shape index (κ2) is 8.40. The molecular formula is C23H28N2O4S. The minimum atomic E-state index is -3.56. The highest BCUT2D eigenvalue weighted by Crippen LogP contribution is 2.41. The number of benzene rings is 2. The summed E-state index contributed by atoms with van der Waals surface area (Å²) in [5.41, 5.74) is 0.897. The molecule has 0 spiro atoms. The second-order valence-electron chi connectivity index (χ2n) is 8.14. The first-order valence-corrected chi connectivity index (χ1v) is 11.9. The Bertz CT molecular complexity index is 978. The van der Waals surface area contributed by atoms with Crippen molar-refractivity contribution in [1.29, 1.82) is 0 Å². The molecule has 1 saturated carbocycles. The summed E-state index contributed by atoms with van der Waals surface area (Å²) in [5.74, 6) is 0.501. The summed E-state index contributed by atoms with van der Waals surface area (Å²) < 4.78 is 32.4. The third kappa shape index (κ3) is 3.96. The lowest BCUT2D eigenvalue weighted by atomic mass is 9.71. The Morgan fingerprint density at radius 1 is 1.03 bits per heavy atom. The number of ether oxygens (including phenoxy) is 1. The van der Waals surface area contributed by atoms with Crippen LogP contribution < -0.4 is 10.1 Å². The van der Waals surface area contributed by atoms with E-state index in [0.717, 1.165) is 24.8 Å². The van der Waals surface area contributed by atoms with Gasteiger partial charge in [0.2, 0.25) is 15.9 Å². The molecule has 160 valence electrons. The molecule has 2 aromatic carbocycles. The Morgan fingerprint density at radius 2 is 1.67 bits per heavy atom. The van der Waals surface area contributed by atoms with Crippen LogP contribution in [0, 0.1) is 5.92 Å².